The van der Waals surface area contributed by atoms with E-state index < -0.39 is 0 Å². The zero-order chi connectivity index (χ0) is 12.1. The molecule has 0 saturated carbocycles. The molecule has 0 amide bonds. The van der Waals surface area contributed by atoms with Gasteiger partial charge >= 0.3 is 0 Å². The molecule has 16 heavy (non-hydrogen) atoms. The maximum absolute atomic E-state index is 9.02. The van der Waals surface area contributed by atoms with E-state index in [2.05, 4.69) is 25.8 Å². The molecule has 0 bridgehead atoms. The molecular weight excluding hydrogens is 222 g/mol. The SMILES string of the molecule is CCC(CC)N(C)c1ccc(CO)cc1Cl. The molecule has 0 unspecified atom stereocenters. The predicted molar refractivity (Wildman–Crippen MR) is 70.1 cm³/mol. The Hall–Kier alpha value is -0.730. The number of aliphatic hydroxyl groups excluding tert-OH is 1. The summed E-state index contributed by atoms with van der Waals surface area (Å²) in [5.41, 5.74) is 1.89. The molecule has 0 aliphatic heterocycles. The molecule has 0 atom stereocenters. The van der Waals surface area contributed by atoms with E-state index in [1.165, 1.54) is 0 Å². The second kappa shape index (κ2) is 6.12. The Morgan fingerprint density at radius 1 is 1.31 bits per heavy atom. The summed E-state index contributed by atoms with van der Waals surface area (Å²) in [4.78, 5) is 2.21. The van der Waals surface area contributed by atoms with Crippen molar-refractivity contribution in [3.63, 3.8) is 0 Å². The van der Waals surface area contributed by atoms with Crippen LogP contribution in [-0.2, 0) is 6.61 Å². The van der Waals surface area contributed by atoms with Gasteiger partial charge in [-0.2, -0.15) is 0 Å². The van der Waals surface area contributed by atoms with Gasteiger partial charge in [-0.15, -0.1) is 0 Å². The van der Waals surface area contributed by atoms with Crippen LogP contribution in [0.2, 0.25) is 5.02 Å². The molecule has 90 valence electrons. The summed E-state index contributed by atoms with van der Waals surface area (Å²) in [6.45, 7) is 4.40. The van der Waals surface area contributed by atoms with Gasteiger partial charge in [0.1, 0.15) is 0 Å². The van der Waals surface area contributed by atoms with Crippen LogP contribution in [-0.4, -0.2) is 18.2 Å². The van der Waals surface area contributed by atoms with Gasteiger partial charge in [0, 0.05) is 13.1 Å². The molecule has 1 aromatic rings. The van der Waals surface area contributed by atoms with Crippen molar-refractivity contribution in [3.05, 3.63) is 28.8 Å². The highest BCUT2D eigenvalue weighted by atomic mass is 35.5. The molecule has 3 heteroatoms. The monoisotopic (exact) mass is 241 g/mol. The lowest BCUT2D eigenvalue weighted by molar-refractivity contribution is 0.282. The van der Waals surface area contributed by atoms with Crippen LogP contribution in [0.3, 0.4) is 0 Å². The van der Waals surface area contributed by atoms with Crippen LogP contribution >= 0.6 is 11.6 Å². The highest BCUT2D eigenvalue weighted by molar-refractivity contribution is 6.33. The molecule has 0 radical (unpaired) electrons. The van der Waals surface area contributed by atoms with Gasteiger partial charge in [-0.25, -0.2) is 0 Å². The topological polar surface area (TPSA) is 23.5 Å². The zero-order valence-corrected chi connectivity index (χ0v) is 11.0. The van der Waals surface area contributed by atoms with Crippen molar-refractivity contribution >= 4 is 17.3 Å². The summed E-state index contributed by atoms with van der Waals surface area (Å²) < 4.78 is 0. The third-order valence-corrected chi connectivity index (χ3v) is 3.37. The Balaban J connectivity index is 2.95. The molecule has 0 fully saturated rings. The number of rotatable bonds is 5. The van der Waals surface area contributed by atoms with E-state index >= 15 is 0 Å². The Morgan fingerprint density at radius 3 is 2.38 bits per heavy atom. The van der Waals surface area contributed by atoms with Crippen molar-refractivity contribution in [2.24, 2.45) is 0 Å². The number of aliphatic hydroxyl groups is 1. The van der Waals surface area contributed by atoms with Crippen LogP contribution in [0.4, 0.5) is 5.69 Å². The van der Waals surface area contributed by atoms with Crippen molar-refractivity contribution in [2.75, 3.05) is 11.9 Å². The number of hydrogen-bond donors (Lipinski definition) is 1. The fraction of sp³-hybridized carbons (Fsp3) is 0.538. The minimum Gasteiger partial charge on any atom is -0.392 e. The molecule has 0 aliphatic rings. The largest absolute Gasteiger partial charge is 0.392 e. The molecule has 1 aromatic carbocycles. The highest BCUT2D eigenvalue weighted by Gasteiger charge is 2.13. The number of benzene rings is 1. The lowest BCUT2D eigenvalue weighted by Crippen LogP contribution is -2.30. The highest BCUT2D eigenvalue weighted by Crippen LogP contribution is 2.28. The summed E-state index contributed by atoms with van der Waals surface area (Å²) >= 11 is 6.21. The molecule has 1 N–H and O–H groups in total. The van der Waals surface area contributed by atoms with Gasteiger partial charge in [0.15, 0.2) is 0 Å². The summed E-state index contributed by atoms with van der Waals surface area (Å²) in [5, 5.41) is 9.73. The second-order valence-electron chi connectivity index (χ2n) is 4.03. The number of nitrogens with zero attached hydrogens (tertiary/aromatic N) is 1. The molecule has 0 aromatic heterocycles. The summed E-state index contributed by atoms with van der Waals surface area (Å²) in [6.07, 6.45) is 2.20. The number of hydrogen-bond acceptors (Lipinski definition) is 2. The summed E-state index contributed by atoms with van der Waals surface area (Å²) in [6, 6.07) is 6.24. The molecule has 0 saturated heterocycles. The van der Waals surface area contributed by atoms with Crippen LogP contribution in [0, 0.1) is 0 Å². The maximum Gasteiger partial charge on any atom is 0.0682 e. The molecule has 0 aliphatic carbocycles. The minimum absolute atomic E-state index is 0.0364. The number of anilines is 1. The first kappa shape index (κ1) is 13.3. The van der Waals surface area contributed by atoms with Gasteiger partial charge in [-0.3, -0.25) is 0 Å². The van der Waals surface area contributed by atoms with Crippen molar-refractivity contribution < 1.29 is 5.11 Å². The molecule has 1 rings (SSSR count). The predicted octanol–water partition coefficient (Wildman–Crippen LogP) is 3.46. The van der Waals surface area contributed by atoms with Crippen LogP contribution in [0.5, 0.6) is 0 Å². The van der Waals surface area contributed by atoms with Gasteiger partial charge in [0.2, 0.25) is 0 Å². The Bertz CT molecular complexity index is 337. The van der Waals surface area contributed by atoms with Crippen molar-refractivity contribution in [3.8, 4) is 0 Å². The average Bonchev–Trinajstić information content (AvgIpc) is 2.30. The summed E-state index contributed by atoms with van der Waals surface area (Å²) in [7, 11) is 2.07. The van der Waals surface area contributed by atoms with Crippen molar-refractivity contribution in [1.29, 1.82) is 0 Å². The first-order valence-electron chi connectivity index (χ1n) is 5.76. The third kappa shape index (κ3) is 2.89. The number of halogens is 1. The Kier molecular flexibility index (Phi) is 5.10. The first-order valence-corrected chi connectivity index (χ1v) is 6.13. The van der Waals surface area contributed by atoms with Crippen LogP contribution < -0.4 is 4.90 Å². The lowest BCUT2D eigenvalue weighted by atomic mass is 10.1. The van der Waals surface area contributed by atoms with Crippen molar-refractivity contribution in [1.82, 2.24) is 0 Å². The van der Waals surface area contributed by atoms with Crippen LogP contribution in [0.15, 0.2) is 18.2 Å². The molecule has 0 spiro atoms. The van der Waals surface area contributed by atoms with E-state index in [0.29, 0.717) is 11.1 Å². The standard InChI is InChI=1S/C13H20ClNO/c1-4-11(5-2)15(3)13-7-6-10(9-16)8-12(13)14/h6-8,11,16H,4-5,9H2,1-3H3. The Labute approximate surface area is 103 Å². The van der Waals surface area contributed by atoms with E-state index in [-0.39, 0.29) is 6.61 Å². The van der Waals surface area contributed by atoms with E-state index in [9.17, 15) is 0 Å². The fourth-order valence-corrected chi connectivity index (χ4v) is 2.30. The summed E-state index contributed by atoms with van der Waals surface area (Å²) in [5.74, 6) is 0. The van der Waals surface area contributed by atoms with Gasteiger partial charge in [-0.05, 0) is 30.5 Å². The lowest BCUT2D eigenvalue weighted by Gasteiger charge is -2.29. The van der Waals surface area contributed by atoms with Gasteiger partial charge in [-0.1, -0.05) is 31.5 Å². The fourth-order valence-electron chi connectivity index (χ4n) is 1.97. The minimum atomic E-state index is 0.0364. The van der Waals surface area contributed by atoms with E-state index in [0.717, 1.165) is 24.1 Å². The first-order chi connectivity index (χ1) is 7.63. The quantitative estimate of drug-likeness (QED) is 0.854. The average molecular weight is 242 g/mol. The van der Waals surface area contributed by atoms with Gasteiger partial charge in [0.25, 0.3) is 0 Å². The van der Waals surface area contributed by atoms with Crippen molar-refractivity contribution in [2.45, 2.75) is 39.3 Å². The van der Waals surface area contributed by atoms with E-state index in [1.54, 1.807) is 0 Å². The van der Waals surface area contributed by atoms with E-state index in [4.69, 9.17) is 16.7 Å². The molecule has 2 nitrogen and oxygen atoms in total. The van der Waals surface area contributed by atoms with Gasteiger partial charge < -0.3 is 10.0 Å². The molecule has 0 heterocycles. The van der Waals surface area contributed by atoms with E-state index in [1.807, 2.05) is 18.2 Å². The van der Waals surface area contributed by atoms with Gasteiger partial charge in [0.05, 0.1) is 17.3 Å². The van der Waals surface area contributed by atoms with Crippen LogP contribution in [0.1, 0.15) is 32.3 Å². The molecular formula is C13H20ClNO. The Morgan fingerprint density at radius 2 is 1.94 bits per heavy atom. The van der Waals surface area contributed by atoms with Crippen LogP contribution in [0.25, 0.3) is 0 Å². The maximum atomic E-state index is 9.02. The smallest absolute Gasteiger partial charge is 0.0682 e. The third-order valence-electron chi connectivity index (χ3n) is 3.06. The normalized spacial score (nSPS) is 10.9. The second-order valence-corrected chi connectivity index (χ2v) is 4.43. The zero-order valence-electron chi connectivity index (χ0n) is 10.2.